The van der Waals surface area contributed by atoms with Crippen LogP contribution in [-0.4, -0.2) is 30.5 Å². The average molecular weight is 300 g/mol. The van der Waals surface area contributed by atoms with Crippen LogP contribution < -0.4 is 5.32 Å². The van der Waals surface area contributed by atoms with Gasteiger partial charge >= 0.3 is 12.3 Å². The summed E-state index contributed by atoms with van der Waals surface area (Å²) in [7, 11) is 0. The third kappa shape index (κ3) is 5.84. The topological polar surface area (TPSA) is 34.2 Å². The normalized spacial score (nSPS) is 12.3. The Balaban J connectivity index is 2.30. The molecule has 0 bridgehead atoms. The zero-order chi connectivity index (χ0) is 14.3. The first-order valence-electron chi connectivity index (χ1n) is 5.83. The van der Waals surface area contributed by atoms with Gasteiger partial charge < -0.3 is 10.1 Å². The molecule has 0 amide bonds. The van der Waals surface area contributed by atoms with E-state index in [-0.39, 0.29) is 6.61 Å². The van der Waals surface area contributed by atoms with E-state index in [1.54, 1.807) is 6.20 Å². The molecule has 0 saturated carbocycles. The molecule has 1 aromatic heterocycles. The van der Waals surface area contributed by atoms with Gasteiger partial charge in [0, 0.05) is 17.6 Å². The van der Waals surface area contributed by atoms with Gasteiger partial charge in [-0.2, -0.15) is 8.78 Å². The Bertz CT molecular complexity index is 373. The van der Waals surface area contributed by atoms with Gasteiger partial charge in [0.1, 0.15) is 11.6 Å². The number of nitrogens with zero attached hydrogens (tertiary/aromatic N) is 1. The Hall–Kier alpha value is -0.730. The molecule has 0 spiro atoms. The minimum absolute atomic E-state index is 0.180. The average Bonchev–Trinajstić information content (AvgIpc) is 2.77. The third-order valence-electron chi connectivity index (χ3n) is 2.17. The first-order valence-corrected chi connectivity index (χ1v) is 6.65. The largest absolute Gasteiger partial charge is 0.368 e. The summed E-state index contributed by atoms with van der Waals surface area (Å²) in [5.41, 5.74) is 0. The van der Waals surface area contributed by atoms with Gasteiger partial charge in [0.05, 0.1) is 6.61 Å². The van der Waals surface area contributed by atoms with E-state index in [1.165, 1.54) is 11.3 Å². The maximum Gasteiger partial charge on any atom is 0.330 e. The molecule has 19 heavy (non-hydrogen) atoms. The predicted molar refractivity (Wildman–Crippen MR) is 64.7 cm³/mol. The van der Waals surface area contributed by atoms with E-state index in [9.17, 15) is 17.6 Å². The number of hydrogen-bond donors (Lipinski definition) is 1. The Labute approximate surface area is 113 Å². The lowest BCUT2D eigenvalue weighted by molar-refractivity contribution is -0.168. The Morgan fingerprint density at radius 1 is 1.47 bits per heavy atom. The minimum atomic E-state index is -4.11. The van der Waals surface area contributed by atoms with Crippen LogP contribution in [0.15, 0.2) is 6.20 Å². The monoisotopic (exact) mass is 300 g/mol. The SMILES string of the molecule is CCCNCc1cnc(COCC(F)(F)C(F)F)s1. The van der Waals surface area contributed by atoms with Crippen LogP contribution in [0, 0.1) is 0 Å². The predicted octanol–water partition coefficient (Wildman–Crippen LogP) is 3.06. The summed E-state index contributed by atoms with van der Waals surface area (Å²) in [6.45, 7) is 2.10. The fraction of sp³-hybridized carbons (Fsp3) is 0.727. The second-order valence-electron chi connectivity index (χ2n) is 3.95. The summed E-state index contributed by atoms with van der Waals surface area (Å²) in [6, 6.07) is 0. The Kier molecular flexibility index (Phi) is 6.67. The number of nitrogens with one attached hydrogen (secondary N) is 1. The zero-order valence-electron chi connectivity index (χ0n) is 10.5. The molecular weight excluding hydrogens is 284 g/mol. The molecule has 110 valence electrons. The van der Waals surface area contributed by atoms with Crippen molar-refractivity contribution >= 4 is 11.3 Å². The first-order chi connectivity index (χ1) is 8.95. The molecule has 0 unspecified atom stereocenters. The van der Waals surface area contributed by atoms with Crippen LogP contribution in [0.2, 0.25) is 0 Å². The third-order valence-corrected chi connectivity index (χ3v) is 3.14. The molecule has 1 rings (SSSR count). The summed E-state index contributed by atoms with van der Waals surface area (Å²) in [5.74, 6) is -4.11. The smallest absolute Gasteiger partial charge is 0.330 e. The number of ether oxygens (including phenoxy) is 1. The Morgan fingerprint density at radius 2 is 2.21 bits per heavy atom. The van der Waals surface area contributed by atoms with Gasteiger partial charge in [-0.15, -0.1) is 11.3 Å². The van der Waals surface area contributed by atoms with Crippen molar-refractivity contribution in [1.82, 2.24) is 10.3 Å². The molecule has 3 nitrogen and oxygen atoms in total. The van der Waals surface area contributed by atoms with Gasteiger partial charge in [-0.1, -0.05) is 6.92 Å². The van der Waals surface area contributed by atoms with Crippen molar-refractivity contribution in [2.24, 2.45) is 0 Å². The lowest BCUT2D eigenvalue weighted by Gasteiger charge is -2.14. The maximum absolute atomic E-state index is 12.6. The van der Waals surface area contributed by atoms with Crippen LogP contribution in [0.5, 0.6) is 0 Å². The highest BCUT2D eigenvalue weighted by atomic mass is 32.1. The highest BCUT2D eigenvalue weighted by Gasteiger charge is 2.40. The number of halogens is 4. The fourth-order valence-electron chi connectivity index (χ4n) is 1.22. The molecule has 1 N–H and O–H groups in total. The van der Waals surface area contributed by atoms with E-state index in [2.05, 4.69) is 15.0 Å². The molecular formula is C11H16F4N2OS. The van der Waals surface area contributed by atoms with Crippen LogP contribution in [0.1, 0.15) is 23.2 Å². The lowest BCUT2D eigenvalue weighted by atomic mass is 10.4. The zero-order valence-corrected chi connectivity index (χ0v) is 11.3. The standard InChI is InChI=1S/C11H16F4N2OS/c1-2-3-16-4-8-5-17-9(19-8)6-18-7-11(14,15)10(12)13/h5,10,16H,2-4,6-7H2,1H3. The fourth-order valence-corrected chi connectivity index (χ4v) is 2.05. The maximum atomic E-state index is 12.6. The molecule has 0 radical (unpaired) electrons. The molecule has 0 aliphatic heterocycles. The number of aromatic nitrogens is 1. The molecule has 1 heterocycles. The van der Waals surface area contributed by atoms with Gasteiger partial charge in [0.25, 0.3) is 0 Å². The van der Waals surface area contributed by atoms with E-state index >= 15 is 0 Å². The summed E-state index contributed by atoms with van der Waals surface area (Å²) in [6.07, 6.45) is -1.08. The highest BCUT2D eigenvalue weighted by Crippen LogP contribution is 2.23. The number of thiazole rings is 1. The summed E-state index contributed by atoms with van der Waals surface area (Å²) >= 11 is 1.31. The Morgan fingerprint density at radius 3 is 2.84 bits per heavy atom. The molecule has 0 fully saturated rings. The van der Waals surface area contributed by atoms with Gasteiger partial charge in [-0.05, 0) is 13.0 Å². The van der Waals surface area contributed by atoms with Gasteiger partial charge in [0.15, 0.2) is 0 Å². The van der Waals surface area contributed by atoms with Crippen LogP contribution >= 0.6 is 11.3 Å². The van der Waals surface area contributed by atoms with Crippen LogP contribution in [0.25, 0.3) is 0 Å². The second kappa shape index (κ2) is 7.76. The van der Waals surface area contributed by atoms with Crippen molar-refractivity contribution in [1.29, 1.82) is 0 Å². The van der Waals surface area contributed by atoms with Crippen LogP contribution in [0.4, 0.5) is 17.6 Å². The van der Waals surface area contributed by atoms with Gasteiger partial charge in [-0.3, -0.25) is 0 Å². The molecule has 8 heteroatoms. The van der Waals surface area contributed by atoms with Crippen LogP contribution in [0.3, 0.4) is 0 Å². The van der Waals surface area contributed by atoms with E-state index in [1.807, 2.05) is 6.92 Å². The van der Waals surface area contributed by atoms with E-state index in [0.29, 0.717) is 11.6 Å². The van der Waals surface area contributed by atoms with Gasteiger partial charge in [-0.25, -0.2) is 13.8 Å². The minimum Gasteiger partial charge on any atom is -0.368 e. The highest BCUT2D eigenvalue weighted by molar-refractivity contribution is 7.11. The summed E-state index contributed by atoms with van der Waals surface area (Å²) in [5, 5.41) is 3.67. The van der Waals surface area contributed by atoms with Crippen molar-refractivity contribution in [2.75, 3.05) is 13.2 Å². The second-order valence-corrected chi connectivity index (χ2v) is 5.15. The van der Waals surface area contributed by atoms with E-state index < -0.39 is 19.0 Å². The molecule has 0 saturated heterocycles. The molecule has 0 aromatic carbocycles. The summed E-state index contributed by atoms with van der Waals surface area (Å²) in [4.78, 5) is 4.93. The van der Waals surface area contributed by atoms with Crippen molar-refractivity contribution in [3.63, 3.8) is 0 Å². The lowest BCUT2D eigenvalue weighted by Crippen LogP contribution is -2.32. The molecule has 1 aromatic rings. The van der Waals surface area contributed by atoms with Crippen LogP contribution in [-0.2, 0) is 17.9 Å². The van der Waals surface area contributed by atoms with Gasteiger partial charge in [0.2, 0.25) is 0 Å². The molecule has 0 aliphatic carbocycles. The van der Waals surface area contributed by atoms with E-state index in [4.69, 9.17) is 0 Å². The van der Waals surface area contributed by atoms with Crippen molar-refractivity contribution in [3.8, 4) is 0 Å². The quantitative estimate of drug-likeness (QED) is 0.562. The molecule has 0 atom stereocenters. The van der Waals surface area contributed by atoms with E-state index in [0.717, 1.165) is 17.8 Å². The summed E-state index contributed by atoms with van der Waals surface area (Å²) < 4.78 is 53.4. The number of hydrogen-bond acceptors (Lipinski definition) is 4. The number of rotatable bonds is 9. The van der Waals surface area contributed by atoms with Crippen molar-refractivity contribution in [3.05, 3.63) is 16.1 Å². The first kappa shape index (κ1) is 16.3. The van der Waals surface area contributed by atoms with Crippen molar-refractivity contribution in [2.45, 2.75) is 38.8 Å². The number of alkyl halides is 4. The van der Waals surface area contributed by atoms with Crippen molar-refractivity contribution < 1.29 is 22.3 Å². The molecule has 0 aliphatic rings.